The zero-order chi connectivity index (χ0) is 21.2. The lowest BCUT2D eigenvalue weighted by Crippen LogP contribution is -2.55. The summed E-state index contributed by atoms with van der Waals surface area (Å²) in [7, 11) is 1.32. The number of halogens is 3. The summed E-state index contributed by atoms with van der Waals surface area (Å²) >= 11 is 0. The zero-order valence-corrected chi connectivity index (χ0v) is 15.5. The lowest BCUT2D eigenvalue weighted by Gasteiger charge is -2.36. The molecule has 1 aliphatic rings. The number of hydroxylamine groups is 2. The first-order valence-electron chi connectivity index (χ1n) is 8.53. The molecule has 1 fully saturated rings. The van der Waals surface area contributed by atoms with Crippen molar-refractivity contribution in [3.8, 4) is 17.0 Å². The molecule has 0 bridgehead atoms. The highest BCUT2D eigenvalue weighted by molar-refractivity contribution is 5.91. The third-order valence-electron chi connectivity index (χ3n) is 4.22. The number of pyridine rings is 1. The molecule has 0 atom stereocenters. The fraction of sp³-hybridized carbons (Fsp3) is 0.316. The number of aryl methyl sites for hydroxylation is 1. The van der Waals surface area contributed by atoms with Crippen molar-refractivity contribution in [1.29, 1.82) is 0 Å². The molecule has 2 aromatic rings. The van der Waals surface area contributed by atoms with Crippen molar-refractivity contribution in [3.05, 3.63) is 47.7 Å². The summed E-state index contributed by atoms with van der Waals surface area (Å²) in [5.41, 5.74) is 2.68. The second-order valence-corrected chi connectivity index (χ2v) is 6.36. The van der Waals surface area contributed by atoms with Crippen molar-refractivity contribution in [2.45, 2.75) is 19.2 Å². The number of ether oxygens (including phenoxy) is 2. The molecule has 10 heteroatoms. The Kier molecular flexibility index (Phi) is 5.73. The highest BCUT2D eigenvalue weighted by atomic mass is 19.4. The van der Waals surface area contributed by atoms with Crippen LogP contribution in [0.5, 0.6) is 5.75 Å². The average molecular weight is 410 g/mol. The maximum absolute atomic E-state index is 12.1. The molecule has 0 aliphatic carbocycles. The number of nitrogens with zero attached hydrogens (tertiary/aromatic N) is 2. The van der Waals surface area contributed by atoms with Gasteiger partial charge in [-0.2, -0.15) is 13.2 Å². The van der Waals surface area contributed by atoms with E-state index in [2.05, 4.69) is 9.82 Å². The third-order valence-corrected chi connectivity index (χ3v) is 4.22. The Balaban J connectivity index is 1.56. The van der Waals surface area contributed by atoms with Gasteiger partial charge in [0.05, 0.1) is 37.7 Å². The van der Waals surface area contributed by atoms with Crippen LogP contribution in [0.2, 0.25) is 0 Å². The summed E-state index contributed by atoms with van der Waals surface area (Å²) in [6, 6.07) is 8.63. The minimum Gasteiger partial charge on any atom is -0.486 e. The molecular formula is C19H17F3N2O5. The van der Waals surface area contributed by atoms with Crippen LogP contribution in [0, 0.1) is 6.92 Å². The quantitative estimate of drug-likeness (QED) is 0.702. The molecule has 0 N–H and O–H groups in total. The number of carbonyl (C=O) groups is 2. The molecule has 29 heavy (non-hydrogen) atoms. The summed E-state index contributed by atoms with van der Waals surface area (Å²) < 4.78 is 46.7. The largest absolute Gasteiger partial charge is 0.492 e. The molecule has 1 aromatic carbocycles. The molecule has 0 amide bonds. The van der Waals surface area contributed by atoms with Gasteiger partial charge in [0.25, 0.3) is 0 Å². The fourth-order valence-corrected chi connectivity index (χ4v) is 2.69. The Hall–Kier alpha value is -3.14. The first-order valence-corrected chi connectivity index (χ1v) is 8.53. The molecular weight excluding hydrogens is 393 g/mol. The third kappa shape index (κ3) is 4.83. The van der Waals surface area contributed by atoms with Gasteiger partial charge in [0.15, 0.2) is 0 Å². The van der Waals surface area contributed by atoms with Crippen molar-refractivity contribution >= 4 is 11.9 Å². The van der Waals surface area contributed by atoms with Crippen LogP contribution in [-0.2, 0) is 14.4 Å². The van der Waals surface area contributed by atoms with Crippen LogP contribution in [0.15, 0.2) is 36.5 Å². The number of aromatic nitrogens is 1. The predicted molar refractivity (Wildman–Crippen MR) is 93.9 cm³/mol. The van der Waals surface area contributed by atoms with E-state index < -0.39 is 24.2 Å². The van der Waals surface area contributed by atoms with Gasteiger partial charge in [0.2, 0.25) is 0 Å². The van der Waals surface area contributed by atoms with Gasteiger partial charge in [-0.05, 0) is 36.8 Å². The van der Waals surface area contributed by atoms with E-state index in [0.717, 1.165) is 16.2 Å². The number of rotatable bonds is 5. The van der Waals surface area contributed by atoms with Crippen LogP contribution in [0.25, 0.3) is 11.3 Å². The summed E-state index contributed by atoms with van der Waals surface area (Å²) in [6.07, 6.45) is -3.95. The Labute approximate surface area is 163 Å². The van der Waals surface area contributed by atoms with Gasteiger partial charge in [-0.15, -0.1) is 5.06 Å². The molecule has 3 rings (SSSR count). The minimum atomic E-state index is -5.03. The molecule has 0 radical (unpaired) electrons. The van der Waals surface area contributed by atoms with Gasteiger partial charge in [-0.25, -0.2) is 9.59 Å². The second kappa shape index (κ2) is 8.08. The number of hydrogen-bond acceptors (Lipinski definition) is 7. The van der Waals surface area contributed by atoms with Crippen LogP contribution in [0.4, 0.5) is 13.2 Å². The maximum Gasteiger partial charge on any atom is 0.492 e. The van der Waals surface area contributed by atoms with E-state index in [4.69, 9.17) is 9.47 Å². The van der Waals surface area contributed by atoms with Crippen molar-refractivity contribution in [2.75, 3.05) is 20.2 Å². The van der Waals surface area contributed by atoms with E-state index in [9.17, 15) is 22.8 Å². The second-order valence-electron chi connectivity index (χ2n) is 6.36. The summed E-state index contributed by atoms with van der Waals surface area (Å²) in [5, 5.41) is 0.883. The molecule has 1 aromatic heterocycles. The van der Waals surface area contributed by atoms with E-state index >= 15 is 0 Å². The van der Waals surface area contributed by atoms with E-state index in [1.807, 2.05) is 6.07 Å². The van der Waals surface area contributed by atoms with E-state index in [0.29, 0.717) is 17.0 Å². The number of alkyl halides is 3. The number of hydrogen-bond donors (Lipinski definition) is 0. The van der Waals surface area contributed by atoms with Gasteiger partial charge in [0, 0.05) is 5.56 Å². The molecule has 154 valence electrons. The Morgan fingerprint density at radius 1 is 1.17 bits per heavy atom. The molecule has 7 nitrogen and oxygen atoms in total. The van der Waals surface area contributed by atoms with Crippen LogP contribution in [0.1, 0.15) is 15.9 Å². The minimum absolute atomic E-state index is 0.0256. The van der Waals surface area contributed by atoms with Gasteiger partial charge in [-0.3, -0.25) is 4.98 Å². The van der Waals surface area contributed by atoms with Crippen molar-refractivity contribution in [3.63, 3.8) is 0 Å². The summed E-state index contributed by atoms with van der Waals surface area (Å²) in [5.74, 6) is -2.24. The molecule has 2 heterocycles. The first kappa shape index (κ1) is 20.6. The fourth-order valence-electron chi connectivity index (χ4n) is 2.69. The lowest BCUT2D eigenvalue weighted by molar-refractivity contribution is -0.262. The first-order chi connectivity index (χ1) is 13.7. The van der Waals surface area contributed by atoms with E-state index in [1.54, 1.807) is 31.2 Å². The number of esters is 1. The van der Waals surface area contributed by atoms with Crippen LogP contribution >= 0.6 is 0 Å². The van der Waals surface area contributed by atoms with Gasteiger partial charge >= 0.3 is 18.1 Å². The summed E-state index contributed by atoms with van der Waals surface area (Å²) in [6.45, 7) is 1.84. The van der Waals surface area contributed by atoms with E-state index in [-0.39, 0.29) is 13.1 Å². The van der Waals surface area contributed by atoms with Crippen molar-refractivity contribution in [1.82, 2.24) is 10.0 Å². The standard InChI is InChI=1S/C19H17F3N2O5/c1-11-7-12(3-5-15(11)17(25)27-2)16-6-4-13(8-23-16)28-14-9-24(10-14)29-18(26)19(20,21)22/h3-8,14H,9-10H2,1-2H3. The lowest BCUT2D eigenvalue weighted by atomic mass is 10.0. The highest BCUT2D eigenvalue weighted by Gasteiger charge is 2.44. The Bertz CT molecular complexity index is 909. The topological polar surface area (TPSA) is 78.0 Å². The molecule has 0 spiro atoms. The van der Waals surface area contributed by atoms with E-state index in [1.165, 1.54) is 13.3 Å². The highest BCUT2D eigenvalue weighted by Crippen LogP contribution is 2.25. The smallest absolute Gasteiger partial charge is 0.486 e. The maximum atomic E-state index is 12.1. The van der Waals surface area contributed by atoms with Gasteiger partial charge in [0.1, 0.15) is 11.9 Å². The normalized spacial score (nSPS) is 14.8. The number of carbonyl (C=O) groups excluding carboxylic acids is 2. The van der Waals surface area contributed by atoms with Gasteiger partial charge in [-0.1, -0.05) is 6.07 Å². The SMILES string of the molecule is COC(=O)c1ccc(-c2ccc(OC3CN(OC(=O)C(F)(F)F)C3)cn2)cc1C. The molecule has 1 aliphatic heterocycles. The summed E-state index contributed by atoms with van der Waals surface area (Å²) in [4.78, 5) is 30.9. The monoisotopic (exact) mass is 410 g/mol. The van der Waals surface area contributed by atoms with Crippen molar-refractivity contribution in [2.24, 2.45) is 0 Å². The van der Waals surface area contributed by atoms with Gasteiger partial charge < -0.3 is 14.3 Å². The predicted octanol–water partition coefficient (Wildman–Crippen LogP) is 2.93. The molecule has 1 saturated heterocycles. The van der Waals surface area contributed by atoms with Crippen LogP contribution in [0.3, 0.4) is 0 Å². The Morgan fingerprint density at radius 3 is 2.45 bits per heavy atom. The molecule has 0 unspecified atom stereocenters. The number of methoxy groups -OCH3 is 1. The average Bonchev–Trinajstić information content (AvgIpc) is 2.65. The van der Waals surface area contributed by atoms with Crippen molar-refractivity contribution < 1.29 is 37.1 Å². The molecule has 0 saturated carbocycles. The Morgan fingerprint density at radius 2 is 1.90 bits per heavy atom. The number of benzene rings is 1. The van der Waals surface area contributed by atoms with Crippen LogP contribution in [-0.4, -0.2) is 54.5 Å². The van der Waals surface area contributed by atoms with Crippen LogP contribution < -0.4 is 4.74 Å². The zero-order valence-electron chi connectivity index (χ0n) is 15.5.